The van der Waals surface area contributed by atoms with E-state index in [1.807, 2.05) is 84.9 Å². The minimum atomic E-state index is -0.971. The summed E-state index contributed by atoms with van der Waals surface area (Å²) >= 11 is 0. The van der Waals surface area contributed by atoms with Crippen LogP contribution in [-0.4, -0.2) is 5.78 Å². The Morgan fingerprint density at radius 2 is 1.50 bits per heavy atom. The Kier molecular flexibility index (Phi) is 4.40. The van der Waals surface area contributed by atoms with Crippen molar-refractivity contribution in [1.29, 1.82) is 0 Å². The van der Waals surface area contributed by atoms with Crippen LogP contribution < -0.4 is 4.74 Å². The van der Waals surface area contributed by atoms with Gasteiger partial charge >= 0.3 is 0 Å². The minimum Gasteiger partial charge on any atom is -0.474 e. The van der Waals surface area contributed by atoms with Gasteiger partial charge in [0.1, 0.15) is 5.75 Å². The number of para-hydroxylation sites is 1. The maximum atomic E-state index is 13.3. The van der Waals surface area contributed by atoms with E-state index >= 15 is 0 Å². The summed E-state index contributed by atoms with van der Waals surface area (Å²) in [5, 5.41) is 0. The average Bonchev–Trinajstić information content (AvgIpc) is 2.73. The minimum absolute atomic E-state index is 0.0259. The van der Waals surface area contributed by atoms with Gasteiger partial charge in [-0.05, 0) is 29.7 Å². The van der Waals surface area contributed by atoms with Gasteiger partial charge in [0.25, 0.3) is 0 Å². The molecule has 3 aromatic rings. The van der Waals surface area contributed by atoms with E-state index < -0.39 is 5.60 Å². The molecule has 2 nitrogen and oxygen atoms in total. The molecule has 0 amide bonds. The van der Waals surface area contributed by atoms with E-state index in [1.54, 1.807) is 6.08 Å². The van der Waals surface area contributed by atoms with Crippen molar-refractivity contribution in [3.05, 3.63) is 108 Å². The van der Waals surface area contributed by atoms with Crippen LogP contribution in [0.2, 0.25) is 0 Å². The molecule has 1 aliphatic heterocycles. The van der Waals surface area contributed by atoms with Crippen molar-refractivity contribution in [2.24, 2.45) is 0 Å². The van der Waals surface area contributed by atoms with Crippen LogP contribution in [0.5, 0.6) is 5.75 Å². The molecule has 0 bridgehead atoms. The lowest BCUT2D eigenvalue weighted by molar-refractivity contribution is -0.131. The third-order valence-corrected chi connectivity index (χ3v) is 4.87. The number of rotatable bonds is 4. The summed E-state index contributed by atoms with van der Waals surface area (Å²) in [5.74, 6) is 0.770. The lowest BCUT2D eigenvalue weighted by atomic mass is 9.81. The summed E-state index contributed by atoms with van der Waals surface area (Å²) in [4.78, 5) is 13.3. The van der Waals surface area contributed by atoms with Gasteiger partial charge in [-0.3, -0.25) is 4.79 Å². The van der Waals surface area contributed by atoms with Gasteiger partial charge in [0, 0.05) is 12.0 Å². The number of ketones is 1. The molecule has 0 radical (unpaired) electrons. The largest absolute Gasteiger partial charge is 0.474 e. The molecule has 2 heteroatoms. The van der Waals surface area contributed by atoms with E-state index in [0.717, 1.165) is 28.9 Å². The summed E-state index contributed by atoms with van der Waals surface area (Å²) in [6.45, 7) is 0. The normalized spacial score (nSPS) is 18.9. The third kappa shape index (κ3) is 3.06. The van der Waals surface area contributed by atoms with Crippen LogP contribution in [0, 0.1) is 0 Å². The molecule has 0 saturated carbocycles. The number of fused-ring (bicyclic) bond motifs is 1. The van der Waals surface area contributed by atoms with Crippen molar-refractivity contribution < 1.29 is 9.53 Å². The Bertz CT molecular complexity index is 929. The summed E-state index contributed by atoms with van der Waals surface area (Å²) < 4.78 is 6.36. The van der Waals surface area contributed by atoms with Crippen LogP contribution in [0.25, 0.3) is 6.08 Å². The fourth-order valence-electron chi connectivity index (χ4n) is 3.46. The fourth-order valence-corrected chi connectivity index (χ4v) is 3.46. The molecule has 3 aromatic carbocycles. The van der Waals surface area contributed by atoms with Gasteiger partial charge in [-0.25, -0.2) is 0 Å². The number of ether oxygens (including phenoxy) is 1. The van der Waals surface area contributed by atoms with Crippen molar-refractivity contribution in [1.82, 2.24) is 0 Å². The fraction of sp³-hybridized carbons (Fsp3) is 0.125. The lowest BCUT2D eigenvalue weighted by Crippen LogP contribution is -2.43. The Morgan fingerprint density at radius 3 is 2.27 bits per heavy atom. The smallest absolute Gasteiger partial charge is 0.203 e. The van der Waals surface area contributed by atoms with Crippen LogP contribution >= 0.6 is 0 Å². The highest BCUT2D eigenvalue weighted by molar-refractivity contribution is 6.01. The van der Waals surface area contributed by atoms with E-state index in [0.29, 0.717) is 6.42 Å². The number of carbonyl (C=O) groups is 1. The highest BCUT2D eigenvalue weighted by atomic mass is 16.5. The summed E-state index contributed by atoms with van der Waals surface area (Å²) in [5.41, 5.74) is 2.08. The maximum absolute atomic E-state index is 13.3. The molecule has 26 heavy (non-hydrogen) atoms. The first-order valence-corrected chi connectivity index (χ1v) is 8.88. The van der Waals surface area contributed by atoms with Crippen LogP contribution in [0.15, 0.2) is 91.0 Å². The second-order valence-electron chi connectivity index (χ2n) is 6.51. The molecule has 1 aliphatic rings. The van der Waals surface area contributed by atoms with Crippen LogP contribution in [0.1, 0.15) is 23.1 Å². The molecule has 0 saturated heterocycles. The summed E-state index contributed by atoms with van der Waals surface area (Å²) in [7, 11) is 0. The topological polar surface area (TPSA) is 26.3 Å². The molecule has 0 N–H and O–H groups in total. The van der Waals surface area contributed by atoms with Crippen LogP contribution in [0.4, 0.5) is 0 Å². The molecule has 0 aliphatic carbocycles. The van der Waals surface area contributed by atoms with E-state index in [2.05, 4.69) is 6.07 Å². The predicted molar refractivity (Wildman–Crippen MR) is 104 cm³/mol. The first-order valence-electron chi connectivity index (χ1n) is 8.88. The van der Waals surface area contributed by atoms with Gasteiger partial charge in [0.2, 0.25) is 5.78 Å². The molecule has 0 spiro atoms. The number of aryl methyl sites for hydroxylation is 1. The maximum Gasteiger partial charge on any atom is 0.203 e. The molecule has 0 aromatic heterocycles. The van der Waals surface area contributed by atoms with Crippen molar-refractivity contribution in [2.45, 2.75) is 18.4 Å². The molecule has 1 heterocycles. The molecule has 128 valence electrons. The van der Waals surface area contributed by atoms with Crippen molar-refractivity contribution >= 4 is 11.9 Å². The van der Waals surface area contributed by atoms with Crippen molar-refractivity contribution in [3.8, 4) is 5.75 Å². The Labute approximate surface area is 153 Å². The summed E-state index contributed by atoms with van der Waals surface area (Å²) in [6, 6.07) is 27.6. The van der Waals surface area contributed by atoms with Gasteiger partial charge < -0.3 is 4.74 Å². The number of hydrogen-bond acceptors (Lipinski definition) is 2. The zero-order valence-electron chi connectivity index (χ0n) is 14.5. The molecular formula is C24H20O2. The number of hydrogen-bond donors (Lipinski definition) is 0. The zero-order valence-corrected chi connectivity index (χ0v) is 14.5. The molecule has 1 atom stereocenters. The average molecular weight is 340 g/mol. The van der Waals surface area contributed by atoms with Crippen LogP contribution in [0.3, 0.4) is 0 Å². The number of carbonyl (C=O) groups excluding carboxylic acids is 1. The zero-order chi connectivity index (χ0) is 17.8. The van der Waals surface area contributed by atoms with Gasteiger partial charge in [-0.1, -0.05) is 84.9 Å². The monoisotopic (exact) mass is 340 g/mol. The summed E-state index contributed by atoms with van der Waals surface area (Å²) in [6.07, 6.45) is 4.95. The van der Waals surface area contributed by atoms with E-state index in [9.17, 15) is 4.79 Å². The van der Waals surface area contributed by atoms with Gasteiger partial charge in [0.05, 0.1) is 0 Å². The Morgan fingerprint density at radius 1 is 0.846 bits per heavy atom. The Hall–Kier alpha value is -3.13. The standard InChI is InChI=1S/C24H20O2/c25-23(16-15-19-9-3-1-4-10-19)24(21-12-5-2-6-13-21)18-17-20-11-7-8-14-22(20)26-24/h1-16H,17-18H2. The molecule has 1 unspecified atom stereocenters. The van der Waals surface area contributed by atoms with E-state index in [-0.39, 0.29) is 5.78 Å². The molecular weight excluding hydrogens is 320 g/mol. The van der Waals surface area contributed by atoms with Gasteiger partial charge in [0.15, 0.2) is 5.60 Å². The highest BCUT2D eigenvalue weighted by Crippen LogP contribution is 2.40. The third-order valence-electron chi connectivity index (χ3n) is 4.87. The van der Waals surface area contributed by atoms with Gasteiger partial charge in [-0.15, -0.1) is 0 Å². The van der Waals surface area contributed by atoms with E-state index in [4.69, 9.17) is 4.74 Å². The number of benzene rings is 3. The second-order valence-corrected chi connectivity index (χ2v) is 6.51. The van der Waals surface area contributed by atoms with Crippen molar-refractivity contribution in [2.75, 3.05) is 0 Å². The van der Waals surface area contributed by atoms with Crippen molar-refractivity contribution in [3.63, 3.8) is 0 Å². The molecule has 4 rings (SSSR count). The molecule has 0 fully saturated rings. The van der Waals surface area contributed by atoms with Crippen LogP contribution in [-0.2, 0) is 16.8 Å². The lowest BCUT2D eigenvalue weighted by Gasteiger charge is -2.37. The predicted octanol–water partition coefficient (Wildman–Crippen LogP) is 5.19. The quantitative estimate of drug-likeness (QED) is 0.611. The SMILES string of the molecule is O=C(C=Cc1ccccc1)C1(c2ccccc2)CCc2ccccc2O1. The van der Waals surface area contributed by atoms with Gasteiger partial charge in [-0.2, -0.15) is 0 Å². The van der Waals surface area contributed by atoms with E-state index in [1.165, 1.54) is 0 Å². The first kappa shape index (κ1) is 16.3. The second kappa shape index (κ2) is 7.01. The Balaban J connectivity index is 1.73. The highest BCUT2D eigenvalue weighted by Gasteiger charge is 2.43. The first-order chi connectivity index (χ1) is 12.8.